The normalized spacial score (nSPS) is 14.7. The zero-order valence-electron chi connectivity index (χ0n) is 18.5. The van der Waals surface area contributed by atoms with Gasteiger partial charge < -0.3 is 9.72 Å². The number of hydrogen-bond acceptors (Lipinski definition) is 5. The highest BCUT2D eigenvalue weighted by Gasteiger charge is 2.42. The maximum Gasteiger partial charge on any atom is 0.491 e. The number of H-pyrrole nitrogens is 1. The molecule has 4 rings (SSSR count). The number of aryl methyl sites for hydroxylation is 2. The van der Waals surface area contributed by atoms with E-state index in [1.165, 1.54) is 6.20 Å². The predicted octanol–water partition coefficient (Wildman–Crippen LogP) is 5.50. The number of aromatic nitrogens is 3. The number of carbonyl (C=O) groups excluding carboxylic acids is 1. The molecule has 1 aliphatic heterocycles. The maximum absolute atomic E-state index is 13.1. The smallest absolute Gasteiger partial charge is 0.417 e. The van der Waals surface area contributed by atoms with Crippen LogP contribution in [-0.2, 0) is 11.3 Å². The summed E-state index contributed by atoms with van der Waals surface area (Å²) in [6.07, 6.45) is -1.05. The van der Waals surface area contributed by atoms with Crippen molar-refractivity contribution in [1.29, 1.82) is 0 Å². The highest BCUT2D eigenvalue weighted by atomic mass is 35.5. The third-order valence-corrected chi connectivity index (χ3v) is 5.83. The second-order valence-electron chi connectivity index (χ2n) is 8.07. The number of alkyl halides is 3. The third kappa shape index (κ3) is 5.31. The predicted molar refractivity (Wildman–Crippen MR) is 122 cm³/mol. The molecule has 178 valence electrons. The SMILES string of the molecule is Cc1nc(-c2nccc(C3=CCCN(Cc4ccc(Cl)cc4)C3)c2OC(=O)C(F)(F)F)[nH]c1C. The molecule has 1 aliphatic rings. The summed E-state index contributed by atoms with van der Waals surface area (Å²) < 4.78 is 44.2. The van der Waals surface area contributed by atoms with Crippen molar-refractivity contribution < 1.29 is 22.7 Å². The van der Waals surface area contributed by atoms with E-state index in [0.29, 0.717) is 35.8 Å². The van der Waals surface area contributed by atoms with Crippen molar-refractivity contribution >= 4 is 23.1 Å². The monoisotopic (exact) mass is 490 g/mol. The summed E-state index contributed by atoms with van der Waals surface area (Å²) >= 11 is 5.97. The summed E-state index contributed by atoms with van der Waals surface area (Å²) in [6, 6.07) is 9.05. The average molecular weight is 491 g/mol. The summed E-state index contributed by atoms with van der Waals surface area (Å²) in [5.41, 5.74) is 3.62. The molecule has 0 amide bonds. The minimum Gasteiger partial charge on any atom is -0.417 e. The van der Waals surface area contributed by atoms with Gasteiger partial charge in [-0.25, -0.2) is 14.8 Å². The number of imidazole rings is 1. The number of benzene rings is 1. The number of hydrogen-bond donors (Lipinski definition) is 1. The van der Waals surface area contributed by atoms with E-state index in [2.05, 4.69) is 19.9 Å². The fourth-order valence-corrected chi connectivity index (χ4v) is 3.89. The molecule has 0 radical (unpaired) electrons. The number of esters is 1. The largest absolute Gasteiger partial charge is 0.491 e. The van der Waals surface area contributed by atoms with Crippen LogP contribution in [0.25, 0.3) is 17.1 Å². The van der Waals surface area contributed by atoms with Crippen molar-refractivity contribution in [3.05, 3.63) is 70.1 Å². The van der Waals surface area contributed by atoms with E-state index >= 15 is 0 Å². The molecule has 0 unspecified atom stereocenters. The van der Waals surface area contributed by atoms with Gasteiger partial charge in [0.25, 0.3) is 0 Å². The molecular weight excluding hydrogens is 469 g/mol. The van der Waals surface area contributed by atoms with Crippen LogP contribution in [0.5, 0.6) is 5.75 Å². The number of nitrogens with zero attached hydrogens (tertiary/aromatic N) is 3. The average Bonchev–Trinajstić information content (AvgIpc) is 3.13. The molecule has 6 nitrogen and oxygen atoms in total. The first-order valence-electron chi connectivity index (χ1n) is 10.6. The summed E-state index contributed by atoms with van der Waals surface area (Å²) in [5, 5.41) is 0.645. The first-order chi connectivity index (χ1) is 16.1. The molecule has 2 aromatic heterocycles. The molecule has 3 aromatic rings. The van der Waals surface area contributed by atoms with Gasteiger partial charge in [-0.15, -0.1) is 0 Å². The molecule has 0 atom stereocenters. The molecule has 0 bridgehead atoms. The third-order valence-electron chi connectivity index (χ3n) is 5.58. The van der Waals surface area contributed by atoms with Crippen LogP contribution in [0.2, 0.25) is 5.02 Å². The van der Waals surface area contributed by atoms with Crippen LogP contribution in [0.1, 0.15) is 28.9 Å². The van der Waals surface area contributed by atoms with Crippen molar-refractivity contribution in [3.63, 3.8) is 0 Å². The van der Waals surface area contributed by atoms with Gasteiger partial charge in [0, 0.05) is 42.1 Å². The summed E-state index contributed by atoms with van der Waals surface area (Å²) in [5.74, 6) is -2.34. The van der Waals surface area contributed by atoms with Gasteiger partial charge in [-0.05, 0) is 49.6 Å². The van der Waals surface area contributed by atoms with Crippen molar-refractivity contribution in [2.45, 2.75) is 33.0 Å². The van der Waals surface area contributed by atoms with Crippen LogP contribution in [-0.4, -0.2) is 45.1 Å². The maximum atomic E-state index is 13.1. The summed E-state index contributed by atoms with van der Waals surface area (Å²) in [6.45, 7) is 5.42. The van der Waals surface area contributed by atoms with E-state index in [1.807, 2.05) is 30.3 Å². The molecule has 0 fully saturated rings. The molecule has 0 spiro atoms. The molecule has 0 saturated heterocycles. The van der Waals surface area contributed by atoms with Gasteiger partial charge >= 0.3 is 12.1 Å². The van der Waals surface area contributed by atoms with Gasteiger partial charge in [0.2, 0.25) is 0 Å². The number of pyridine rings is 1. The standard InChI is InChI=1S/C24H22ClF3N4O2/c1-14-15(2)31-22(30-14)20-21(34-23(33)24(26,27)28)19(9-10-29-20)17-4-3-11-32(13-17)12-16-5-7-18(25)8-6-16/h4-10H,3,11-13H2,1-2H3,(H,30,31). The van der Waals surface area contributed by atoms with Crippen LogP contribution in [0.4, 0.5) is 13.2 Å². The lowest BCUT2D eigenvalue weighted by Crippen LogP contribution is -2.30. The van der Waals surface area contributed by atoms with Crippen molar-refractivity contribution in [1.82, 2.24) is 19.9 Å². The number of rotatable bonds is 5. The van der Waals surface area contributed by atoms with E-state index < -0.39 is 12.1 Å². The van der Waals surface area contributed by atoms with E-state index in [4.69, 9.17) is 16.3 Å². The first-order valence-corrected chi connectivity index (χ1v) is 11.0. The van der Waals surface area contributed by atoms with Gasteiger partial charge in [0.1, 0.15) is 5.69 Å². The quantitative estimate of drug-likeness (QED) is 0.478. The van der Waals surface area contributed by atoms with Crippen LogP contribution in [0.15, 0.2) is 42.6 Å². The number of ether oxygens (including phenoxy) is 1. The minimum absolute atomic E-state index is 0.0435. The van der Waals surface area contributed by atoms with Crippen molar-refractivity contribution in [3.8, 4) is 17.3 Å². The second-order valence-corrected chi connectivity index (χ2v) is 8.51. The molecule has 10 heteroatoms. The molecule has 0 aliphatic carbocycles. The van der Waals surface area contributed by atoms with Gasteiger partial charge in [-0.1, -0.05) is 29.8 Å². The van der Waals surface area contributed by atoms with Gasteiger partial charge in [-0.3, -0.25) is 4.90 Å². The van der Waals surface area contributed by atoms with E-state index in [9.17, 15) is 18.0 Å². The Hall–Kier alpha value is -3.17. The van der Waals surface area contributed by atoms with Gasteiger partial charge in [0.15, 0.2) is 11.6 Å². The topological polar surface area (TPSA) is 71.1 Å². The van der Waals surface area contributed by atoms with Crippen molar-refractivity contribution in [2.75, 3.05) is 13.1 Å². The lowest BCUT2D eigenvalue weighted by molar-refractivity contribution is -0.189. The fourth-order valence-electron chi connectivity index (χ4n) is 3.77. The lowest BCUT2D eigenvalue weighted by Gasteiger charge is -2.28. The zero-order chi connectivity index (χ0) is 24.5. The van der Waals surface area contributed by atoms with Gasteiger partial charge in [0.05, 0.1) is 5.69 Å². The highest BCUT2D eigenvalue weighted by Crippen LogP contribution is 2.37. The summed E-state index contributed by atoms with van der Waals surface area (Å²) in [4.78, 5) is 25.5. The second kappa shape index (κ2) is 9.60. The van der Waals surface area contributed by atoms with E-state index in [0.717, 1.165) is 23.4 Å². The fraction of sp³-hybridized carbons (Fsp3) is 0.292. The summed E-state index contributed by atoms with van der Waals surface area (Å²) in [7, 11) is 0. The number of halogens is 4. The molecule has 3 heterocycles. The Bertz CT molecular complexity index is 1220. The molecule has 1 aromatic carbocycles. The molecule has 34 heavy (non-hydrogen) atoms. The zero-order valence-corrected chi connectivity index (χ0v) is 19.3. The van der Waals surface area contributed by atoms with Crippen LogP contribution < -0.4 is 4.74 Å². The Morgan fingerprint density at radius 2 is 1.94 bits per heavy atom. The Kier molecular flexibility index (Phi) is 6.77. The Labute approximate surface area is 199 Å². The molecular formula is C24H22ClF3N4O2. The number of aromatic amines is 1. The number of nitrogens with one attached hydrogen (secondary N) is 1. The lowest BCUT2D eigenvalue weighted by atomic mass is 9.99. The Morgan fingerprint density at radius 1 is 1.21 bits per heavy atom. The van der Waals surface area contributed by atoms with Crippen LogP contribution in [0, 0.1) is 13.8 Å². The highest BCUT2D eigenvalue weighted by molar-refractivity contribution is 6.30. The number of carbonyl (C=O) groups is 1. The van der Waals surface area contributed by atoms with Gasteiger partial charge in [-0.2, -0.15) is 13.2 Å². The molecule has 1 N–H and O–H groups in total. The van der Waals surface area contributed by atoms with Crippen molar-refractivity contribution in [2.24, 2.45) is 0 Å². The first kappa shape index (κ1) is 24.0. The minimum atomic E-state index is -5.15. The van der Waals surface area contributed by atoms with E-state index in [1.54, 1.807) is 19.9 Å². The Balaban J connectivity index is 1.70. The van der Waals surface area contributed by atoms with E-state index in [-0.39, 0.29) is 17.3 Å². The Morgan fingerprint density at radius 3 is 2.59 bits per heavy atom. The van der Waals surface area contributed by atoms with Crippen LogP contribution >= 0.6 is 11.6 Å². The molecule has 0 saturated carbocycles. The van der Waals surface area contributed by atoms with Crippen LogP contribution in [0.3, 0.4) is 0 Å².